The van der Waals surface area contributed by atoms with Gasteiger partial charge in [0.05, 0.1) is 11.3 Å². The maximum Gasteiger partial charge on any atom is 0.149 e. The molecule has 1 aromatic carbocycles. The maximum absolute atomic E-state index is 13.1. The molecule has 2 aromatic rings. The molecule has 4 aliphatic rings. The molecule has 1 aromatic heterocycles. The molecule has 4 fully saturated rings. The fraction of sp³-hybridized carbons (Fsp3) is 0.550. The van der Waals surface area contributed by atoms with Crippen molar-refractivity contribution in [1.29, 1.82) is 0 Å². The topological polar surface area (TPSA) is 42.9 Å². The number of rotatable bonds is 4. The first-order valence-electron chi connectivity index (χ1n) is 9.08. The van der Waals surface area contributed by atoms with E-state index in [9.17, 15) is 4.79 Å². The Balaban J connectivity index is 1.36. The first kappa shape index (κ1) is 14.9. The predicted molar refractivity (Wildman–Crippen MR) is 95.9 cm³/mol. The van der Waals surface area contributed by atoms with E-state index in [1.165, 1.54) is 19.3 Å². The second kappa shape index (κ2) is 5.55. The number of thioether (sulfide) groups is 1. The number of nitrogens with zero attached hydrogens (tertiary/aromatic N) is 2. The minimum Gasteiger partial charge on any atom is -0.298 e. The van der Waals surface area contributed by atoms with Crippen LogP contribution in [-0.2, 0) is 4.79 Å². The lowest BCUT2D eigenvalue weighted by atomic mass is 9.48. The average molecular weight is 338 g/mol. The number of Topliss-reactive ketones (excluding diaryl/α,β-unsaturated/α-hetero) is 1. The van der Waals surface area contributed by atoms with Crippen LogP contribution in [0.5, 0.6) is 0 Å². The SMILES string of the molecule is O=C(CSc1ncnc2ccccc12)C12CC3CC(CC(C3)C1)C2. The molecule has 0 saturated heterocycles. The lowest BCUT2D eigenvalue weighted by molar-refractivity contribution is -0.141. The third-order valence-corrected chi connectivity index (χ3v) is 7.48. The summed E-state index contributed by atoms with van der Waals surface area (Å²) in [7, 11) is 0. The van der Waals surface area contributed by atoms with Crippen LogP contribution >= 0.6 is 11.8 Å². The van der Waals surface area contributed by atoms with E-state index in [1.54, 1.807) is 18.1 Å². The van der Waals surface area contributed by atoms with Gasteiger partial charge in [0.25, 0.3) is 0 Å². The number of para-hydroxylation sites is 1. The number of hydrogen-bond acceptors (Lipinski definition) is 4. The van der Waals surface area contributed by atoms with Crippen LogP contribution in [0.4, 0.5) is 0 Å². The Morgan fingerprint density at radius 2 is 1.71 bits per heavy atom. The van der Waals surface area contributed by atoms with Crippen molar-refractivity contribution in [1.82, 2.24) is 9.97 Å². The van der Waals surface area contributed by atoms with E-state index in [2.05, 4.69) is 9.97 Å². The summed E-state index contributed by atoms with van der Waals surface area (Å²) in [6.45, 7) is 0. The normalized spacial score (nSPS) is 33.9. The smallest absolute Gasteiger partial charge is 0.149 e. The van der Waals surface area contributed by atoms with Crippen LogP contribution in [0, 0.1) is 23.2 Å². The highest BCUT2D eigenvalue weighted by Gasteiger charge is 2.54. The molecule has 0 atom stereocenters. The quantitative estimate of drug-likeness (QED) is 0.608. The molecule has 0 spiro atoms. The first-order chi connectivity index (χ1) is 11.7. The van der Waals surface area contributed by atoms with Gasteiger partial charge in [-0.15, -0.1) is 0 Å². The molecule has 0 N–H and O–H groups in total. The highest BCUT2D eigenvalue weighted by molar-refractivity contribution is 8.00. The molecule has 4 bridgehead atoms. The van der Waals surface area contributed by atoms with Crippen molar-refractivity contribution in [2.75, 3.05) is 5.75 Å². The molecule has 4 aliphatic carbocycles. The van der Waals surface area contributed by atoms with Crippen molar-refractivity contribution in [3.8, 4) is 0 Å². The van der Waals surface area contributed by atoms with Crippen molar-refractivity contribution >= 4 is 28.4 Å². The second-order valence-corrected chi connectivity index (χ2v) is 9.07. The minimum absolute atomic E-state index is 0.00455. The third kappa shape index (κ3) is 2.38. The molecule has 0 aliphatic heterocycles. The fourth-order valence-corrected chi connectivity index (χ4v) is 6.86. The molecule has 124 valence electrons. The van der Waals surface area contributed by atoms with Crippen LogP contribution in [0.1, 0.15) is 38.5 Å². The largest absolute Gasteiger partial charge is 0.298 e. The van der Waals surface area contributed by atoms with Gasteiger partial charge >= 0.3 is 0 Å². The molecule has 6 rings (SSSR count). The van der Waals surface area contributed by atoms with E-state index < -0.39 is 0 Å². The summed E-state index contributed by atoms with van der Waals surface area (Å²) < 4.78 is 0. The first-order valence-corrected chi connectivity index (χ1v) is 10.1. The Morgan fingerprint density at radius 1 is 1.04 bits per heavy atom. The molecule has 3 nitrogen and oxygen atoms in total. The van der Waals surface area contributed by atoms with Gasteiger partial charge in [0.2, 0.25) is 0 Å². The predicted octanol–water partition coefficient (Wildman–Crippen LogP) is 4.51. The lowest BCUT2D eigenvalue weighted by Crippen LogP contribution is -2.50. The Labute approximate surface area is 146 Å². The Kier molecular flexibility index (Phi) is 3.44. The second-order valence-electron chi connectivity index (χ2n) is 8.11. The zero-order valence-corrected chi connectivity index (χ0v) is 14.6. The van der Waals surface area contributed by atoms with Crippen molar-refractivity contribution < 1.29 is 4.79 Å². The lowest BCUT2D eigenvalue weighted by Gasteiger charge is -2.56. The standard InChI is InChI=1S/C20H22N2OS/c23-18(20-8-13-5-14(9-20)7-15(6-13)10-20)11-24-19-16-3-1-2-4-17(16)21-12-22-19/h1-4,12-15H,5-11H2. The van der Waals surface area contributed by atoms with Gasteiger partial charge in [-0.25, -0.2) is 9.97 Å². The number of benzene rings is 1. The molecule has 1 heterocycles. The van der Waals surface area contributed by atoms with Crippen molar-refractivity contribution in [3.63, 3.8) is 0 Å². The van der Waals surface area contributed by atoms with Gasteiger partial charge in [0, 0.05) is 10.8 Å². The number of aromatic nitrogens is 2. The Morgan fingerprint density at radius 3 is 2.42 bits per heavy atom. The van der Waals surface area contributed by atoms with E-state index in [0.29, 0.717) is 11.5 Å². The summed E-state index contributed by atoms with van der Waals surface area (Å²) in [6, 6.07) is 8.05. The monoisotopic (exact) mass is 338 g/mol. The van der Waals surface area contributed by atoms with Crippen molar-refractivity contribution in [3.05, 3.63) is 30.6 Å². The van der Waals surface area contributed by atoms with E-state index in [1.807, 2.05) is 24.3 Å². The van der Waals surface area contributed by atoms with E-state index in [4.69, 9.17) is 0 Å². The molecular formula is C20H22N2OS. The molecule has 0 amide bonds. The number of fused-ring (bicyclic) bond motifs is 1. The number of carbonyl (C=O) groups excluding carboxylic acids is 1. The van der Waals surface area contributed by atoms with Crippen LogP contribution in [0.25, 0.3) is 10.9 Å². The van der Waals surface area contributed by atoms with Gasteiger partial charge in [-0.05, 0) is 62.3 Å². The van der Waals surface area contributed by atoms with Crippen LogP contribution < -0.4 is 0 Å². The van der Waals surface area contributed by atoms with Crippen molar-refractivity contribution in [2.24, 2.45) is 23.2 Å². The van der Waals surface area contributed by atoms with Crippen LogP contribution in [-0.4, -0.2) is 21.5 Å². The van der Waals surface area contributed by atoms with Gasteiger partial charge in [0.15, 0.2) is 0 Å². The molecular weight excluding hydrogens is 316 g/mol. The minimum atomic E-state index is 0.00455. The Bertz CT molecular complexity index is 763. The van der Waals surface area contributed by atoms with Crippen LogP contribution in [0.15, 0.2) is 35.6 Å². The molecule has 24 heavy (non-hydrogen) atoms. The zero-order chi connectivity index (χ0) is 16.1. The molecule has 4 saturated carbocycles. The van der Waals surface area contributed by atoms with Crippen molar-refractivity contribution in [2.45, 2.75) is 43.6 Å². The fourth-order valence-electron chi connectivity index (χ4n) is 5.83. The van der Waals surface area contributed by atoms with Gasteiger partial charge in [0.1, 0.15) is 17.1 Å². The summed E-state index contributed by atoms with van der Waals surface area (Å²) in [6.07, 6.45) is 9.23. The number of ketones is 1. The van der Waals surface area contributed by atoms with Crippen LogP contribution in [0.2, 0.25) is 0 Å². The molecule has 0 radical (unpaired) electrons. The summed E-state index contributed by atoms with van der Waals surface area (Å²) in [4.78, 5) is 21.9. The summed E-state index contributed by atoms with van der Waals surface area (Å²) in [5, 5.41) is 2.00. The van der Waals surface area contributed by atoms with E-state index in [-0.39, 0.29) is 5.41 Å². The molecule has 4 heteroatoms. The average Bonchev–Trinajstić information content (AvgIpc) is 2.58. The van der Waals surface area contributed by atoms with Gasteiger partial charge < -0.3 is 0 Å². The van der Waals surface area contributed by atoms with Gasteiger partial charge in [-0.3, -0.25) is 4.79 Å². The summed E-state index contributed by atoms with van der Waals surface area (Å²) >= 11 is 1.61. The number of hydrogen-bond donors (Lipinski definition) is 0. The third-order valence-electron chi connectivity index (χ3n) is 6.48. The zero-order valence-electron chi connectivity index (χ0n) is 13.8. The van der Waals surface area contributed by atoms with Gasteiger partial charge in [-0.1, -0.05) is 30.0 Å². The highest BCUT2D eigenvalue weighted by atomic mass is 32.2. The Hall–Kier alpha value is -1.42. The van der Waals surface area contributed by atoms with E-state index >= 15 is 0 Å². The molecule has 0 unspecified atom stereocenters. The highest BCUT2D eigenvalue weighted by Crippen LogP contribution is 2.60. The maximum atomic E-state index is 13.1. The summed E-state index contributed by atoms with van der Waals surface area (Å²) in [5.74, 6) is 3.52. The number of carbonyl (C=O) groups is 1. The van der Waals surface area contributed by atoms with Crippen LogP contribution in [0.3, 0.4) is 0 Å². The van der Waals surface area contributed by atoms with Gasteiger partial charge in [-0.2, -0.15) is 0 Å². The van der Waals surface area contributed by atoms with E-state index in [0.717, 1.165) is 52.9 Å². The summed E-state index contributed by atoms with van der Waals surface area (Å²) in [5.41, 5.74) is 0.960.